The molecule has 10 nitrogen and oxygen atoms in total. The summed E-state index contributed by atoms with van der Waals surface area (Å²) in [4.78, 5) is 30.9. The summed E-state index contributed by atoms with van der Waals surface area (Å²) in [6, 6.07) is 12.7. The van der Waals surface area contributed by atoms with Crippen molar-refractivity contribution in [2.24, 2.45) is 28.2 Å². The van der Waals surface area contributed by atoms with E-state index in [0.717, 1.165) is 49.2 Å². The molecule has 0 amide bonds. The van der Waals surface area contributed by atoms with Crippen molar-refractivity contribution in [1.29, 1.82) is 0 Å². The molecule has 11 heteroatoms. The summed E-state index contributed by atoms with van der Waals surface area (Å²) in [7, 11) is 0. The van der Waals surface area contributed by atoms with Crippen LogP contribution in [-0.4, -0.2) is 67.3 Å². The summed E-state index contributed by atoms with van der Waals surface area (Å²) < 4.78 is 15.1. The highest BCUT2D eigenvalue weighted by atomic mass is 19.1. The van der Waals surface area contributed by atoms with Gasteiger partial charge in [0.15, 0.2) is 17.6 Å². The number of aromatic nitrogens is 5. The lowest BCUT2D eigenvalue weighted by atomic mass is 9.45. The van der Waals surface area contributed by atoms with Crippen LogP contribution in [0.15, 0.2) is 58.6 Å². The Kier molecular flexibility index (Phi) is 7.67. The molecule has 5 atom stereocenters. The van der Waals surface area contributed by atoms with Crippen LogP contribution in [0.3, 0.4) is 0 Å². The van der Waals surface area contributed by atoms with Gasteiger partial charge in [-0.2, -0.15) is 5.10 Å². The zero-order valence-electron chi connectivity index (χ0n) is 26.4. The molecule has 2 bridgehead atoms. The molecule has 8 rings (SSSR count). The fourth-order valence-electron chi connectivity index (χ4n) is 7.79. The third-order valence-corrected chi connectivity index (χ3v) is 10.6. The van der Waals surface area contributed by atoms with E-state index in [4.69, 9.17) is 9.98 Å². The first-order chi connectivity index (χ1) is 21.7. The molecule has 3 saturated carbocycles. The predicted molar refractivity (Wildman–Crippen MR) is 175 cm³/mol. The Morgan fingerprint density at radius 1 is 1.16 bits per heavy atom. The van der Waals surface area contributed by atoms with Crippen LogP contribution in [0.1, 0.15) is 46.1 Å². The number of aromatic amines is 1. The molecule has 1 aliphatic heterocycles. The molecule has 1 unspecified atom stereocenters. The number of hydrogen-bond donors (Lipinski definition) is 3. The first-order valence-corrected chi connectivity index (χ1v) is 16.2. The van der Waals surface area contributed by atoms with Gasteiger partial charge in [0.1, 0.15) is 12.1 Å². The number of fused-ring (bicyclic) bond motifs is 3. The van der Waals surface area contributed by atoms with Crippen molar-refractivity contribution in [3.63, 3.8) is 0 Å². The zero-order chi connectivity index (χ0) is 31.3. The van der Waals surface area contributed by atoms with Crippen LogP contribution in [0, 0.1) is 29.0 Å². The number of halogens is 1. The van der Waals surface area contributed by atoms with Crippen LogP contribution in [0.25, 0.3) is 22.6 Å². The smallest absolute Gasteiger partial charge is 0.261 e. The number of anilines is 1. The first kappa shape index (κ1) is 29.6. The molecule has 4 aliphatic rings. The van der Waals surface area contributed by atoms with Gasteiger partial charge in [-0.15, -0.1) is 0 Å². The van der Waals surface area contributed by atoms with E-state index in [-0.39, 0.29) is 17.4 Å². The number of hydrogen-bond acceptors (Lipinski definition) is 6. The maximum Gasteiger partial charge on any atom is 0.261 e. The van der Waals surface area contributed by atoms with Crippen molar-refractivity contribution in [3.8, 4) is 11.6 Å². The Morgan fingerprint density at radius 2 is 1.98 bits per heavy atom. The van der Waals surface area contributed by atoms with Gasteiger partial charge < -0.3 is 15.5 Å². The largest absolute Gasteiger partial charge is 0.340 e. The Bertz CT molecular complexity index is 1760. The molecule has 3 aliphatic carbocycles. The summed E-state index contributed by atoms with van der Waals surface area (Å²) in [5, 5.41) is 14.6. The minimum Gasteiger partial charge on any atom is -0.340 e. The average molecular weight is 612 g/mol. The van der Waals surface area contributed by atoms with Gasteiger partial charge in [-0.05, 0) is 85.3 Å². The van der Waals surface area contributed by atoms with Gasteiger partial charge in [-0.25, -0.2) is 19.4 Å². The number of nitrogens with one attached hydrogen (secondary N) is 3. The summed E-state index contributed by atoms with van der Waals surface area (Å²) >= 11 is 0. The highest BCUT2D eigenvalue weighted by molar-refractivity contribution is 5.96. The van der Waals surface area contributed by atoms with E-state index in [1.165, 1.54) is 24.9 Å². The van der Waals surface area contributed by atoms with Crippen molar-refractivity contribution >= 4 is 22.5 Å². The molecule has 45 heavy (non-hydrogen) atoms. The number of guanidine groups is 1. The molecule has 236 valence electrons. The van der Waals surface area contributed by atoms with Crippen LogP contribution in [0.2, 0.25) is 0 Å². The van der Waals surface area contributed by atoms with Crippen LogP contribution < -0.4 is 16.2 Å². The molecular weight excluding hydrogens is 569 g/mol. The molecule has 4 aromatic rings. The Labute approximate surface area is 262 Å². The quantitative estimate of drug-likeness (QED) is 0.214. The minimum atomic E-state index is -0.288. The SMILES string of the molecule is C[C@@H]1C(N=C(Nc2ccc3c(=O)n(CCc4ccc(F)cc4)c(-c4ncn[nH]4)nc3c2)N2CCN[C@@H](C)C2)C[C@@H]2C[C@H]1C2(C)C. The Balaban J connectivity index is 1.22. The summed E-state index contributed by atoms with van der Waals surface area (Å²) in [5.74, 6) is 3.38. The minimum absolute atomic E-state index is 0.164. The lowest BCUT2D eigenvalue weighted by molar-refractivity contribution is -0.108. The van der Waals surface area contributed by atoms with Gasteiger partial charge in [0.25, 0.3) is 5.56 Å². The van der Waals surface area contributed by atoms with Crippen molar-refractivity contribution in [3.05, 3.63) is 70.5 Å². The normalized spacial score (nSPS) is 26.1. The number of benzene rings is 2. The van der Waals surface area contributed by atoms with Gasteiger partial charge >= 0.3 is 0 Å². The molecular formula is C34H42FN9O. The maximum absolute atomic E-state index is 13.9. The molecule has 0 radical (unpaired) electrons. The van der Waals surface area contributed by atoms with Crippen molar-refractivity contribution in [2.75, 3.05) is 25.0 Å². The molecule has 0 spiro atoms. The second-order valence-corrected chi connectivity index (χ2v) is 13.7. The Hall–Kier alpha value is -4.12. The fraction of sp³-hybridized carbons (Fsp3) is 0.500. The summed E-state index contributed by atoms with van der Waals surface area (Å²) in [6.07, 6.45) is 4.38. The van der Waals surface area contributed by atoms with Crippen LogP contribution in [0.5, 0.6) is 0 Å². The number of H-pyrrole nitrogens is 1. The third kappa shape index (κ3) is 5.62. The highest BCUT2D eigenvalue weighted by Crippen LogP contribution is 2.61. The summed E-state index contributed by atoms with van der Waals surface area (Å²) in [5.41, 5.74) is 2.56. The number of nitrogens with zero attached hydrogens (tertiary/aromatic N) is 6. The van der Waals surface area contributed by atoms with E-state index >= 15 is 0 Å². The van der Waals surface area contributed by atoms with E-state index in [1.54, 1.807) is 16.7 Å². The maximum atomic E-state index is 13.9. The van der Waals surface area contributed by atoms with Crippen molar-refractivity contribution in [1.82, 2.24) is 34.9 Å². The number of piperazine rings is 1. The topological polar surface area (TPSA) is 116 Å². The number of rotatable bonds is 6. The zero-order valence-corrected chi connectivity index (χ0v) is 26.4. The van der Waals surface area contributed by atoms with Gasteiger partial charge in [0.2, 0.25) is 0 Å². The van der Waals surface area contributed by atoms with Crippen molar-refractivity contribution < 1.29 is 4.39 Å². The van der Waals surface area contributed by atoms with E-state index < -0.39 is 0 Å². The number of aryl methyl sites for hydroxylation is 1. The van der Waals surface area contributed by atoms with E-state index in [1.807, 2.05) is 18.2 Å². The second-order valence-electron chi connectivity index (χ2n) is 13.7. The molecule has 4 fully saturated rings. The average Bonchev–Trinajstić information content (AvgIpc) is 3.56. The molecule has 2 aromatic heterocycles. The first-order valence-electron chi connectivity index (χ1n) is 16.2. The van der Waals surface area contributed by atoms with E-state index in [2.05, 4.69) is 58.4 Å². The van der Waals surface area contributed by atoms with Crippen LogP contribution in [0.4, 0.5) is 10.1 Å². The highest BCUT2D eigenvalue weighted by Gasteiger charge is 2.56. The van der Waals surface area contributed by atoms with Crippen molar-refractivity contribution in [2.45, 2.75) is 65.6 Å². The number of aliphatic imine (C=N–C) groups is 1. The van der Waals surface area contributed by atoms with Crippen LogP contribution >= 0.6 is 0 Å². The lowest BCUT2D eigenvalue weighted by Gasteiger charge is -2.61. The molecule has 1 saturated heterocycles. The van der Waals surface area contributed by atoms with E-state index in [9.17, 15) is 9.18 Å². The Morgan fingerprint density at radius 3 is 2.69 bits per heavy atom. The summed E-state index contributed by atoms with van der Waals surface area (Å²) in [6.45, 7) is 12.4. The van der Waals surface area contributed by atoms with Crippen LogP contribution in [-0.2, 0) is 13.0 Å². The van der Waals surface area contributed by atoms with Gasteiger partial charge in [0.05, 0.1) is 16.9 Å². The standard InChI is InChI=1S/C34H42FN9O/c1-20-18-43(14-12-36-20)33(41-28-16-23-15-27(21(28)2)34(23,3)4)39-25-9-10-26-29(17-25)40-31(30-37-19-38-42-30)44(32(26)45)13-11-22-5-7-24(35)8-6-22/h5-10,17,19-21,23,27-28,36H,11-16,18H2,1-4H3,(H,39,41)(H,37,38,42)/t20-,21-,23-,27+,28?/m0/s1. The second kappa shape index (κ2) is 11.7. The molecule has 3 heterocycles. The lowest BCUT2D eigenvalue weighted by Crippen LogP contribution is -2.57. The monoisotopic (exact) mass is 611 g/mol. The van der Waals surface area contributed by atoms with Gasteiger partial charge in [-0.3, -0.25) is 14.5 Å². The van der Waals surface area contributed by atoms with E-state index in [0.29, 0.717) is 58.8 Å². The van der Waals surface area contributed by atoms with Gasteiger partial charge in [0, 0.05) is 37.9 Å². The van der Waals surface area contributed by atoms with Gasteiger partial charge in [-0.1, -0.05) is 32.9 Å². The predicted octanol–water partition coefficient (Wildman–Crippen LogP) is 4.70. The molecule has 2 aromatic carbocycles. The molecule has 3 N–H and O–H groups in total. The fourth-order valence-corrected chi connectivity index (χ4v) is 7.79. The third-order valence-electron chi connectivity index (χ3n) is 10.6.